The highest BCUT2D eigenvalue weighted by molar-refractivity contribution is 5.46. The molecule has 0 heterocycles. The van der Waals surface area contributed by atoms with Gasteiger partial charge in [0.05, 0.1) is 0 Å². The Morgan fingerprint density at radius 1 is 1.36 bits per heavy atom. The predicted molar refractivity (Wildman–Crippen MR) is 42.6 cm³/mol. The Labute approximate surface area is 66.7 Å². The highest BCUT2D eigenvalue weighted by Gasteiger charge is 2.41. The summed E-state index contributed by atoms with van der Waals surface area (Å²) in [5.74, 6) is 1.19. The van der Waals surface area contributed by atoms with Crippen molar-refractivity contribution in [1.82, 2.24) is 0 Å². The van der Waals surface area contributed by atoms with Crippen LogP contribution in [0.3, 0.4) is 0 Å². The third-order valence-corrected chi connectivity index (χ3v) is 2.39. The van der Waals surface area contributed by atoms with Crippen LogP contribution < -0.4 is 5.11 Å². The molecule has 1 fully saturated rings. The van der Waals surface area contributed by atoms with E-state index in [1.807, 2.05) is 12.2 Å². The van der Waals surface area contributed by atoms with Crippen LogP contribution >= 0.6 is 0 Å². The average molecular weight is 147 g/mol. The first kappa shape index (κ1) is 6.71. The van der Waals surface area contributed by atoms with Gasteiger partial charge in [-0.05, 0) is 13.8 Å². The minimum Gasteiger partial charge on any atom is -0.873 e. The van der Waals surface area contributed by atoms with Crippen molar-refractivity contribution < 1.29 is 5.11 Å². The van der Waals surface area contributed by atoms with Gasteiger partial charge in [0.25, 0.3) is 0 Å². The third kappa shape index (κ3) is 0.917. The van der Waals surface area contributed by atoms with Crippen LogP contribution in [0.4, 0.5) is 0 Å². The fourth-order valence-corrected chi connectivity index (χ4v) is 1.82. The van der Waals surface area contributed by atoms with E-state index in [0.29, 0.717) is 11.8 Å². The second kappa shape index (κ2) is 2.00. The lowest BCUT2D eigenvalue weighted by Crippen LogP contribution is -2.02. The maximum Gasteiger partial charge on any atom is 0.00888 e. The van der Waals surface area contributed by atoms with E-state index in [9.17, 15) is 5.11 Å². The Kier molecular flexibility index (Phi) is 1.22. The molecule has 1 nitrogen and oxygen atoms in total. The van der Waals surface area contributed by atoms with Gasteiger partial charge in [-0.1, -0.05) is 29.4 Å². The van der Waals surface area contributed by atoms with E-state index in [2.05, 4.69) is 13.8 Å². The Bertz CT molecular complexity index is 277. The first-order valence-electron chi connectivity index (χ1n) is 3.94. The van der Waals surface area contributed by atoms with Crippen molar-refractivity contribution in [1.29, 1.82) is 0 Å². The number of allylic oxidation sites excluding steroid dienone is 5. The quantitative estimate of drug-likeness (QED) is 0.475. The van der Waals surface area contributed by atoms with Crippen LogP contribution in [0, 0.1) is 11.8 Å². The molecule has 0 amide bonds. The summed E-state index contributed by atoms with van der Waals surface area (Å²) in [5, 5.41) is 10.9. The fraction of sp³-hybridized carbons (Fsp3) is 0.400. The molecule has 0 aromatic heterocycles. The molecule has 0 radical (unpaired) electrons. The van der Waals surface area contributed by atoms with Crippen LogP contribution in [0.2, 0.25) is 0 Å². The third-order valence-electron chi connectivity index (χ3n) is 2.39. The van der Waals surface area contributed by atoms with E-state index in [4.69, 9.17) is 0 Å². The molecular weight excluding hydrogens is 136 g/mol. The van der Waals surface area contributed by atoms with Gasteiger partial charge in [0.15, 0.2) is 0 Å². The number of hydrogen-bond acceptors (Lipinski definition) is 1. The van der Waals surface area contributed by atoms with Crippen molar-refractivity contribution in [3.8, 4) is 0 Å². The molecule has 58 valence electrons. The molecule has 1 heteroatoms. The van der Waals surface area contributed by atoms with Crippen molar-refractivity contribution in [2.75, 3.05) is 0 Å². The van der Waals surface area contributed by atoms with Gasteiger partial charge in [0, 0.05) is 11.8 Å². The smallest absolute Gasteiger partial charge is 0.00888 e. The molecule has 2 atom stereocenters. The molecule has 0 aromatic carbocycles. The summed E-state index contributed by atoms with van der Waals surface area (Å²) in [6.45, 7) is 4.22. The summed E-state index contributed by atoms with van der Waals surface area (Å²) in [5.41, 5.74) is 2.82. The van der Waals surface area contributed by atoms with Gasteiger partial charge < -0.3 is 5.11 Å². The molecule has 0 N–H and O–H groups in total. The van der Waals surface area contributed by atoms with Gasteiger partial charge in [-0.3, -0.25) is 0 Å². The average Bonchev–Trinajstić information content (AvgIpc) is 2.60. The van der Waals surface area contributed by atoms with Crippen LogP contribution in [0.25, 0.3) is 0 Å². The maximum absolute atomic E-state index is 10.9. The van der Waals surface area contributed by atoms with Crippen molar-refractivity contribution in [3.05, 3.63) is 35.1 Å². The molecule has 11 heavy (non-hydrogen) atoms. The SMILES string of the molecule is CC(C)=C1[C@H]2C=CC([O-])=C[C@H]12. The standard InChI is InChI=1S/C10H12O/c1-6(2)10-8-4-3-7(11)5-9(8)10/h3-5,8-9,11H,1-2H3/p-1/t8-,9-/m0/s1. The molecule has 0 aliphatic heterocycles. The summed E-state index contributed by atoms with van der Waals surface area (Å²) >= 11 is 0. The van der Waals surface area contributed by atoms with E-state index in [1.54, 1.807) is 6.08 Å². The normalized spacial score (nSPS) is 32.9. The fourth-order valence-electron chi connectivity index (χ4n) is 1.82. The van der Waals surface area contributed by atoms with E-state index < -0.39 is 0 Å². The lowest BCUT2D eigenvalue weighted by atomic mass is 10.2. The topological polar surface area (TPSA) is 23.1 Å². The Morgan fingerprint density at radius 3 is 2.64 bits per heavy atom. The number of hydrogen-bond donors (Lipinski definition) is 0. The first-order valence-corrected chi connectivity index (χ1v) is 3.94. The molecule has 0 unspecified atom stereocenters. The molecule has 1 saturated carbocycles. The zero-order chi connectivity index (χ0) is 8.01. The molecule has 2 aliphatic carbocycles. The summed E-state index contributed by atoms with van der Waals surface area (Å²) in [6.07, 6.45) is 5.53. The minimum absolute atomic E-state index is 0.169. The van der Waals surface area contributed by atoms with E-state index in [0.717, 1.165) is 0 Å². The zero-order valence-electron chi connectivity index (χ0n) is 6.79. The lowest BCUT2D eigenvalue weighted by molar-refractivity contribution is -0.295. The minimum atomic E-state index is 0.169. The molecule has 0 bridgehead atoms. The zero-order valence-corrected chi connectivity index (χ0v) is 6.79. The van der Waals surface area contributed by atoms with E-state index in [1.165, 1.54) is 11.1 Å². The lowest BCUT2D eigenvalue weighted by Gasteiger charge is -2.07. The van der Waals surface area contributed by atoms with Gasteiger partial charge in [0.1, 0.15) is 0 Å². The van der Waals surface area contributed by atoms with Crippen LogP contribution in [-0.2, 0) is 0 Å². The van der Waals surface area contributed by atoms with Gasteiger partial charge in [0.2, 0.25) is 0 Å². The second-order valence-corrected chi connectivity index (χ2v) is 3.44. The Morgan fingerprint density at radius 2 is 2.09 bits per heavy atom. The molecule has 0 spiro atoms. The molecule has 0 aromatic rings. The van der Waals surface area contributed by atoms with Gasteiger partial charge in [-0.15, -0.1) is 5.76 Å². The van der Waals surface area contributed by atoms with E-state index >= 15 is 0 Å². The van der Waals surface area contributed by atoms with Gasteiger partial charge >= 0.3 is 0 Å². The monoisotopic (exact) mass is 147 g/mol. The van der Waals surface area contributed by atoms with Crippen molar-refractivity contribution in [2.24, 2.45) is 11.8 Å². The number of rotatable bonds is 0. The molecule has 2 rings (SSSR count). The van der Waals surface area contributed by atoms with Crippen LogP contribution in [0.5, 0.6) is 0 Å². The first-order chi connectivity index (χ1) is 5.20. The Balaban J connectivity index is 2.31. The van der Waals surface area contributed by atoms with Crippen LogP contribution in [0.15, 0.2) is 35.1 Å². The van der Waals surface area contributed by atoms with Crippen LogP contribution in [0.1, 0.15) is 13.8 Å². The second-order valence-electron chi connectivity index (χ2n) is 3.44. The maximum atomic E-state index is 10.9. The highest BCUT2D eigenvalue weighted by Crippen LogP contribution is 2.51. The molecule has 2 aliphatic rings. The van der Waals surface area contributed by atoms with Crippen molar-refractivity contribution >= 4 is 0 Å². The van der Waals surface area contributed by atoms with Crippen LogP contribution in [-0.4, -0.2) is 0 Å². The predicted octanol–water partition coefficient (Wildman–Crippen LogP) is 1.38. The number of fused-ring (bicyclic) bond motifs is 1. The summed E-state index contributed by atoms with van der Waals surface area (Å²) in [6, 6.07) is 0. The summed E-state index contributed by atoms with van der Waals surface area (Å²) in [4.78, 5) is 0. The highest BCUT2D eigenvalue weighted by atomic mass is 16.3. The Hall–Kier alpha value is -0.980. The molecular formula is C10H11O-. The van der Waals surface area contributed by atoms with Crippen molar-refractivity contribution in [2.45, 2.75) is 13.8 Å². The van der Waals surface area contributed by atoms with E-state index in [-0.39, 0.29) is 5.76 Å². The van der Waals surface area contributed by atoms with Crippen molar-refractivity contribution in [3.63, 3.8) is 0 Å². The molecule has 0 saturated heterocycles. The summed E-state index contributed by atoms with van der Waals surface area (Å²) in [7, 11) is 0. The van der Waals surface area contributed by atoms with Gasteiger partial charge in [-0.25, -0.2) is 0 Å². The largest absolute Gasteiger partial charge is 0.873 e. The summed E-state index contributed by atoms with van der Waals surface area (Å²) < 4.78 is 0. The van der Waals surface area contributed by atoms with Gasteiger partial charge in [-0.2, -0.15) is 0 Å².